The Kier molecular flexibility index (Phi) is 3.21. The maximum absolute atomic E-state index is 10.5. The van der Waals surface area contributed by atoms with Gasteiger partial charge in [0.05, 0.1) is 6.42 Å². The SMILES string of the molecule is CC(C)[C@@](O)(CC(=O)O)C(=O)O. The molecule has 5 nitrogen and oxygen atoms in total. The van der Waals surface area contributed by atoms with E-state index >= 15 is 0 Å². The second-order valence-corrected chi connectivity index (χ2v) is 2.95. The monoisotopic (exact) mass is 176 g/mol. The minimum Gasteiger partial charge on any atom is -0.481 e. The highest BCUT2D eigenvalue weighted by Crippen LogP contribution is 2.21. The summed E-state index contributed by atoms with van der Waals surface area (Å²) >= 11 is 0. The highest BCUT2D eigenvalue weighted by atomic mass is 16.4. The Hall–Kier alpha value is -1.10. The summed E-state index contributed by atoms with van der Waals surface area (Å²) in [5.74, 6) is -3.46. The molecule has 0 fully saturated rings. The third kappa shape index (κ3) is 2.20. The summed E-state index contributed by atoms with van der Waals surface area (Å²) in [6, 6.07) is 0. The lowest BCUT2D eigenvalue weighted by Gasteiger charge is -2.25. The van der Waals surface area contributed by atoms with Crippen molar-refractivity contribution < 1.29 is 24.9 Å². The van der Waals surface area contributed by atoms with Crippen LogP contribution in [0.5, 0.6) is 0 Å². The first-order valence-electron chi connectivity index (χ1n) is 3.48. The van der Waals surface area contributed by atoms with E-state index in [1.165, 1.54) is 13.8 Å². The maximum atomic E-state index is 10.5. The molecule has 0 rings (SSSR count). The van der Waals surface area contributed by atoms with Gasteiger partial charge in [0.2, 0.25) is 0 Å². The molecule has 3 N–H and O–H groups in total. The number of aliphatic carboxylic acids is 2. The predicted molar refractivity (Wildman–Crippen MR) is 39.7 cm³/mol. The minimum absolute atomic E-state index is 0.633. The number of carboxylic acid groups (broad SMARTS) is 2. The van der Waals surface area contributed by atoms with E-state index in [0.717, 1.165) is 0 Å². The fourth-order valence-corrected chi connectivity index (χ4v) is 0.757. The first-order chi connectivity index (χ1) is 5.30. The molecule has 1 atom stereocenters. The summed E-state index contributed by atoms with van der Waals surface area (Å²) in [5, 5.41) is 26.2. The van der Waals surface area contributed by atoms with Gasteiger partial charge in [0.15, 0.2) is 5.60 Å². The summed E-state index contributed by atoms with van der Waals surface area (Å²) in [6.07, 6.45) is -0.778. The van der Waals surface area contributed by atoms with Gasteiger partial charge in [-0.1, -0.05) is 13.8 Å². The molecule has 0 bridgehead atoms. The van der Waals surface area contributed by atoms with Crippen LogP contribution >= 0.6 is 0 Å². The Balaban J connectivity index is 4.62. The molecule has 0 amide bonds. The Morgan fingerprint density at radius 1 is 1.33 bits per heavy atom. The number of carboxylic acids is 2. The molecule has 0 spiro atoms. The van der Waals surface area contributed by atoms with Crippen LogP contribution in [0.2, 0.25) is 0 Å². The van der Waals surface area contributed by atoms with Gasteiger partial charge in [-0.25, -0.2) is 4.79 Å². The van der Waals surface area contributed by atoms with E-state index in [1.54, 1.807) is 0 Å². The van der Waals surface area contributed by atoms with Gasteiger partial charge in [0.25, 0.3) is 0 Å². The van der Waals surface area contributed by atoms with Gasteiger partial charge in [0.1, 0.15) is 0 Å². The molecule has 0 aromatic heterocycles. The molecule has 0 aliphatic heterocycles. The lowest BCUT2D eigenvalue weighted by Crippen LogP contribution is -2.45. The number of rotatable bonds is 4. The zero-order valence-corrected chi connectivity index (χ0v) is 6.94. The Morgan fingerprint density at radius 3 is 1.83 bits per heavy atom. The highest BCUT2D eigenvalue weighted by molar-refractivity contribution is 5.83. The quantitative estimate of drug-likeness (QED) is 0.557. The third-order valence-electron chi connectivity index (χ3n) is 1.75. The summed E-state index contributed by atoms with van der Waals surface area (Å²) < 4.78 is 0. The van der Waals surface area contributed by atoms with Crippen molar-refractivity contribution in [3.8, 4) is 0 Å². The molecule has 70 valence electrons. The summed E-state index contributed by atoms with van der Waals surface area (Å²) in [5.41, 5.74) is -2.16. The molecule has 5 heteroatoms. The standard InChI is InChI=1S/C7H12O5/c1-4(2)7(12,6(10)11)3-5(8)9/h4,12H,3H2,1-2H3,(H,8,9)(H,10,11)/t7-/m0/s1. The van der Waals surface area contributed by atoms with Crippen LogP contribution in [0.1, 0.15) is 20.3 Å². The van der Waals surface area contributed by atoms with Crippen LogP contribution in [0.25, 0.3) is 0 Å². The van der Waals surface area contributed by atoms with E-state index in [-0.39, 0.29) is 0 Å². The second-order valence-electron chi connectivity index (χ2n) is 2.95. The van der Waals surface area contributed by atoms with E-state index in [1.807, 2.05) is 0 Å². The van der Waals surface area contributed by atoms with Crippen molar-refractivity contribution in [3.05, 3.63) is 0 Å². The molecule has 0 heterocycles. The molecule has 12 heavy (non-hydrogen) atoms. The van der Waals surface area contributed by atoms with E-state index < -0.39 is 29.9 Å². The van der Waals surface area contributed by atoms with Crippen molar-refractivity contribution in [2.45, 2.75) is 25.9 Å². The Labute approximate surface area is 69.6 Å². The number of aliphatic hydroxyl groups is 1. The van der Waals surface area contributed by atoms with Crippen LogP contribution in [0, 0.1) is 5.92 Å². The highest BCUT2D eigenvalue weighted by Gasteiger charge is 2.41. The van der Waals surface area contributed by atoms with Crippen molar-refractivity contribution in [2.24, 2.45) is 5.92 Å². The largest absolute Gasteiger partial charge is 0.481 e. The van der Waals surface area contributed by atoms with Crippen LogP contribution < -0.4 is 0 Å². The van der Waals surface area contributed by atoms with Gasteiger partial charge in [-0.15, -0.1) is 0 Å². The van der Waals surface area contributed by atoms with Crippen LogP contribution in [0.4, 0.5) is 0 Å². The molecule has 0 aromatic carbocycles. The van der Waals surface area contributed by atoms with Gasteiger partial charge in [-0.05, 0) is 5.92 Å². The predicted octanol–water partition coefficient (Wildman–Crippen LogP) is -0.0672. The van der Waals surface area contributed by atoms with Crippen molar-refractivity contribution in [1.82, 2.24) is 0 Å². The van der Waals surface area contributed by atoms with Crippen molar-refractivity contribution in [1.29, 1.82) is 0 Å². The number of hydrogen-bond donors (Lipinski definition) is 3. The van der Waals surface area contributed by atoms with Crippen LogP contribution in [0.3, 0.4) is 0 Å². The van der Waals surface area contributed by atoms with Gasteiger partial charge >= 0.3 is 11.9 Å². The van der Waals surface area contributed by atoms with Gasteiger partial charge in [-0.3, -0.25) is 4.79 Å². The van der Waals surface area contributed by atoms with Crippen LogP contribution in [-0.2, 0) is 9.59 Å². The molecule has 0 aliphatic rings. The molecular weight excluding hydrogens is 164 g/mol. The Bertz CT molecular complexity index is 198. The van der Waals surface area contributed by atoms with Crippen molar-refractivity contribution >= 4 is 11.9 Å². The molecule has 0 unspecified atom stereocenters. The van der Waals surface area contributed by atoms with Crippen LogP contribution in [-0.4, -0.2) is 32.9 Å². The maximum Gasteiger partial charge on any atom is 0.336 e. The van der Waals surface area contributed by atoms with Crippen LogP contribution in [0.15, 0.2) is 0 Å². The lowest BCUT2D eigenvalue weighted by atomic mass is 9.87. The zero-order valence-electron chi connectivity index (χ0n) is 6.94. The van der Waals surface area contributed by atoms with Crippen molar-refractivity contribution in [3.63, 3.8) is 0 Å². The molecule has 0 radical (unpaired) electrons. The average molecular weight is 176 g/mol. The molecule has 0 saturated heterocycles. The van der Waals surface area contributed by atoms with Gasteiger partial charge < -0.3 is 15.3 Å². The number of carbonyl (C=O) groups is 2. The van der Waals surface area contributed by atoms with Crippen molar-refractivity contribution in [2.75, 3.05) is 0 Å². The fourth-order valence-electron chi connectivity index (χ4n) is 0.757. The average Bonchev–Trinajstić information content (AvgIpc) is 1.84. The van der Waals surface area contributed by atoms with E-state index in [4.69, 9.17) is 10.2 Å². The summed E-state index contributed by atoms with van der Waals surface area (Å²) in [6.45, 7) is 2.91. The number of hydrogen-bond acceptors (Lipinski definition) is 3. The zero-order chi connectivity index (χ0) is 9.94. The first kappa shape index (κ1) is 10.9. The normalized spacial score (nSPS) is 15.7. The van der Waals surface area contributed by atoms with E-state index in [0.29, 0.717) is 0 Å². The molecule has 0 aromatic rings. The second kappa shape index (κ2) is 3.53. The Morgan fingerprint density at radius 2 is 1.75 bits per heavy atom. The van der Waals surface area contributed by atoms with E-state index in [2.05, 4.69) is 0 Å². The third-order valence-corrected chi connectivity index (χ3v) is 1.75. The van der Waals surface area contributed by atoms with Gasteiger partial charge in [0, 0.05) is 0 Å². The molecular formula is C7H12O5. The fraction of sp³-hybridized carbons (Fsp3) is 0.714. The summed E-state index contributed by atoms with van der Waals surface area (Å²) in [4.78, 5) is 20.7. The lowest BCUT2D eigenvalue weighted by molar-refractivity contribution is -0.170. The minimum atomic E-state index is -2.16. The summed E-state index contributed by atoms with van der Waals surface area (Å²) in [7, 11) is 0. The molecule has 0 saturated carbocycles. The van der Waals surface area contributed by atoms with E-state index in [9.17, 15) is 14.7 Å². The van der Waals surface area contributed by atoms with Gasteiger partial charge in [-0.2, -0.15) is 0 Å². The smallest absolute Gasteiger partial charge is 0.336 e. The topological polar surface area (TPSA) is 94.8 Å². The first-order valence-corrected chi connectivity index (χ1v) is 3.48. The molecule has 0 aliphatic carbocycles.